The first-order valence-corrected chi connectivity index (χ1v) is 10.9. The second-order valence-corrected chi connectivity index (χ2v) is 8.92. The van der Waals surface area contributed by atoms with E-state index in [1.54, 1.807) is 18.3 Å². The zero-order valence-corrected chi connectivity index (χ0v) is 16.6. The van der Waals surface area contributed by atoms with Crippen LogP contribution in [0.15, 0.2) is 70.7 Å². The van der Waals surface area contributed by atoms with Crippen LogP contribution in [0.4, 0.5) is 0 Å². The highest BCUT2D eigenvalue weighted by atomic mass is 32.2. The van der Waals surface area contributed by atoms with E-state index in [9.17, 15) is 8.42 Å². The van der Waals surface area contributed by atoms with Gasteiger partial charge in [0, 0.05) is 12.7 Å². The highest BCUT2D eigenvalue weighted by Gasteiger charge is 2.20. The number of rotatable bonds is 6. The van der Waals surface area contributed by atoms with Crippen molar-refractivity contribution < 1.29 is 8.42 Å². The van der Waals surface area contributed by atoms with Gasteiger partial charge in [-0.05, 0) is 31.0 Å². The Hall–Kier alpha value is -2.18. The van der Waals surface area contributed by atoms with E-state index in [1.807, 2.05) is 49.4 Å². The van der Waals surface area contributed by atoms with Crippen LogP contribution in [0.5, 0.6) is 0 Å². The van der Waals surface area contributed by atoms with Crippen LogP contribution in [0.2, 0.25) is 0 Å². The molecule has 0 bridgehead atoms. The van der Waals surface area contributed by atoms with Crippen LogP contribution < -0.4 is 4.80 Å². The van der Waals surface area contributed by atoms with Gasteiger partial charge >= 0.3 is 0 Å². The number of hydrogen-bond acceptors (Lipinski definition) is 4. The maximum Gasteiger partial charge on any atom is 0.270 e. The van der Waals surface area contributed by atoms with Gasteiger partial charge < -0.3 is 0 Å². The van der Waals surface area contributed by atoms with E-state index in [0.717, 1.165) is 28.8 Å². The Morgan fingerprint density at radius 1 is 1.04 bits per heavy atom. The number of aryl methyl sites for hydroxylation is 1. The Balaban J connectivity index is 2.14. The lowest BCUT2D eigenvalue weighted by Crippen LogP contribution is -2.23. The molecule has 0 amide bonds. The second kappa shape index (κ2) is 8.01. The number of benzene rings is 2. The summed E-state index contributed by atoms with van der Waals surface area (Å²) < 4.78 is 27.6. The number of thiazole rings is 1. The first kappa shape index (κ1) is 18.6. The molecule has 0 aliphatic rings. The molecular formula is C20H22N2O2S2. The predicted molar refractivity (Wildman–Crippen MR) is 107 cm³/mol. The summed E-state index contributed by atoms with van der Waals surface area (Å²) in [5.41, 5.74) is 2.01. The van der Waals surface area contributed by atoms with E-state index >= 15 is 0 Å². The van der Waals surface area contributed by atoms with Crippen LogP contribution in [-0.2, 0) is 10.0 Å². The largest absolute Gasteiger partial charge is 0.270 e. The molecule has 0 aliphatic heterocycles. The summed E-state index contributed by atoms with van der Waals surface area (Å²) in [6.07, 6.45) is 3.63. The van der Waals surface area contributed by atoms with Crippen molar-refractivity contribution in [2.24, 2.45) is 4.99 Å². The number of unbranched alkanes of at least 4 members (excludes halogenated alkanes) is 1. The lowest BCUT2D eigenvalue weighted by atomic mass is 10.2. The Morgan fingerprint density at radius 2 is 1.73 bits per heavy atom. The van der Waals surface area contributed by atoms with Gasteiger partial charge in [-0.2, -0.15) is 0 Å². The highest BCUT2D eigenvalue weighted by Crippen LogP contribution is 2.24. The van der Waals surface area contributed by atoms with Gasteiger partial charge in [0.2, 0.25) is 0 Å². The highest BCUT2D eigenvalue weighted by molar-refractivity contribution is 7.90. The molecule has 2 aromatic carbocycles. The minimum Gasteiger partial charge on any atom is -0.258 e. The number of aromatic nitrogens is 1. The lowest BCUT2D eigenvalue weighted by molar-refractivity contribution is 0.585. The third-order valence-corrected chi connectivity index (χ3v) is 6.87. The molecule has 6 heteroatoms. The van der Waals surface area contributed by atoms with E-state index in [4.69, 9.17) is 0 Å². The molecule has 4 nitrogen and oxygen atoms in total. The molecule has 3 rings (SSSR count). The fraction of sp³-hybridized carbons (Fsp3) is 0.250. The van der Waals surface area contributed by atoms with Crippen molar-refractivity contribution in [1.29, 1.82) is 0 Å². The molecule has 1 heterocycles. The van der Waals surface area contributed by atoms with E-state index in [2.05, 4.69) is 11.9 Å². The average Bonchev–Trinajstić information content (AvgIpc) is 3.08. The van der Waals surface area contributed by atoms with Gasteiger partial charge in [-0.25, -0.2) is 12.4 Å². The molecule has 0 atom stereocenters. The van der Waals surface area contributed by atoms with Crippen LogP contribution >= 0.6 is 11.3 Å². The van der Waals surface area contributed by atoms with Gasteiger partial charge in [-0.15, -0.1) is 0 Å². The molecule has 0 fully saturated rings. The first-order chi connectivity index (χ1) is 12.5. The molecule has 0 saturated carbocycles. The zero-order chi connectivity index (χ0) is 18.6. The quantitative estimate of drug-likeness (QED) is 0.587. The van der Waals surface area contributed by atoms with Gasteiger partial charge in [-0.3, -0.25) is 4.99 Å². The molecule has 0 saturated heterocycles. The van der Waals surface area contributed by atoms with Crippen molar-refractivity contribution >= 4 is 21.4 Å². The zero-order valence-electron chi connectivity index (χ0n) is 14.9. The molecule has 136 valence electrons. The Labute approximate surface area is 158 Å². The summed E-state index contributed by atoms with van der Waals surface area (Å²) in [5, 5.41) is 0. The monoisotopic (exact) mass is 386 g/mol. The fourth-order valence-corrected chi connectivity index (χ4v) is 5.09. The van der Waals surface area contributed by atoms with Crippen LogP contribution in [0, 0.1) is 6.92 Å². The molecule has 0 unspecified atom stereocenters. The third-order valence-electron chi connectivity index (χ3n) is 4.02. The molecule has 0 spiro atoms. The topological polar surface area (TPSA) is 51.4 Å². The molecule has 0 N–H and O–H groups in total. The van der Waals surface area contributed by atoms with Crippen LogP contribution in [0.1, 0.15) is 25.3 Å². The summed E-state index contributed by atoms with van der Waals surface area (Å²) >= 11 is 1.40. The van der Waals surface area contributed by atoms with Gasteiger partial charge in [0.05, 0.1) is 9.77 Å². The second-order valence-electron chi connectivity index (χ2n) is 6.09. The van der Waals surface area contributed by atoms with Crippen molar-refractivity contribution in [2.45, 2.75) is 31.6 Å². The summed E-state index contributed by atoms with van der Waals surface area (Å²) in [5.74, 6) is 0. The third kappa shape index (κ3) is 3.97. The normalized spacial score (nSPS) is 12.5. The minimum absolute atomic E-state index is 0.275. The average molecular weight is 387 g/mol. The molecular weight excluding hydrogens is 364 g/mol. The standard InChI is InChI=1S/C20H22N2O2S2/c1-3-4-14-21-20-22(15-19(25-20)17-8-6-5-7-9-17)26(23,24)18-12-10-16(2)11-13-18/h5-13,15H,3-4,14H2,1-2H3. The summed E-state index contributed by atoms with van der Waals surface area (Å²) in [4.78, 5) is 6.23. The summed E-state index contributed by atoms with van der Waals surface area (Å²) in [6, 6.07) is 16.7. The first-order valence-electron chi connectivity index (χ1n) is 8.63. The van der Waals surface area contributed by atoms with Gasteiger partial charge in [0.15, 0.2) is 4.80 Å². The van der Waals surface area contributed by atoms with Crippen molar-refractivity contribution in [2.75, 3.05) is 6.54 Å². The molecule has 1 aromatic heterocycles. The Bertz CT molecular complexity index is 1030. The number of nitrogens with zero attached hydrogens (tertiary/aromatic N) is 2. The molecule has 0 aliphatic carbocycles. The lowest BCUT2D eigenvalue weighted by Gasteiger charge is -2.06. The van der Waals surface area contributed by atoms with E-state index in [0.29, 0.717) is 11.3 Å². The molecule has 3 aromatic rings. The van der Waals surface area contributed by atoms with E-state index < -0.39 is 10.0 Å². The predicted octanol–water partition coefficient (Wildman–Crippen LogP) is 4.46. The minimum atomic E-state index is -3.68. The van der Waals surface area contributed by atoms with Gasteiger partial charge in [0.1, 0.15) is 0 Å². The smallest absolute Gasteiger partial charge is 0.258 e. The van der Waals surface area contributed by atoms with Crippen LogP contribution in [0.25, 0.3) is 10.4 Å². The van der Waals surface area contributed by atoms with Gasteiger partial charge in [0.25, 0.3) is 10.0 Å². The van der Waals surface area contributed by atoms with Crippen molar-refractivity contribution in [3.63, 3.8) is 0 Å². The van der Waals surface area contributed by atoms with Crippen molar-refractivity contribution in [1.82, 2.24) is 3.97 Å². The number of hydrogen-bond donors (Lipinski definition) is 0. The van der Waals surface area contributed by atoms with Crippen LogP contribution in [-0.4, -0.2) is 18.9 Å². The molecule has 26 heavy (non-hydrogen) atoms. The molecule has 0 radical (unpaired) electrons. The maximum absolute atomic E-state index is 13.2. The maximum atomic E-state index is 13.2. The van der Waals surface area contributed by atoms with Crippen LogP contribution in [0.3, 0.4) is 0 Å². The van der Waals surface area contributed by atoms with E-state index in [-0.39, 0.29) is 4.90 Å². The van der Waals surface area contributed by atoms with Gasteiger partial charge in [-0.1, -0.05) is 72.7 Å². The van der Waals surface area contributed by atoms with Crippen molar-refractivity contribution in [3.05, 3.63) is 71.2 Å². The summed E-state index contributed by atoms with van der Waals surface area (Å²) in [6.45, 7) is 4.65. The van der Waals surface area contributed by atoms with E-state index in [1.165, 1.54) is 15.3 Å². The Kier molecular flexibility index (Phi) is 5.74. The fourth-order valence-electron chi connectivity index (χ4n) is 2.50. The summed E-state index contributed by atoms with van der Waals surface area (Å²) in [7, 11) is -3.68. The SMILES string of the molecule is CCCCN=c1sc(-c2ccccc2)cn1S(=O)(=O)c1ccc(C)cc1. The van der Waals surface area contributed by atoms with Crippen molar-refractivity contribution in [3.8, 4) is 10.4 Å². The Morgan fingerprint density at radius 3 is 2.38 bits per heavy atom.